The van der Waals surface area contributed by atoms with E-state index in [0.717, 1.165) is 12.4 Å². The Morgan fingerprint density at radius 3 is 2.41 bits per heavy atom. The fourth-order valence-corrected chi connectivity index (χ4v) is 1.90. The van der Waals surface area contributed by atoms with Gasteiger partial charge in [-0.05, 0) is 17.8 Å². The van der Waals surface area contributed by atoms with Gasteiger partial charge in [0.2, 0.25) is 0 Å². The zero-order valence-electron chi connectivity index (χ0n) is 12.0. The van der Waals surface area contributed by atoms with Gasteiger partial charge in [-0.3, -0.25) is 0 Å². The minimum atomic E-state index is 0.267. The normalized spacial score (nSPS) is 14.3. The number of aromatic nitrogens is 3. The average Bonchev–Trinajstić information content (AvgIpc) is 2.56. The smallest absolute Gasteiger partial charge is 0.146 e. The molecule has 4 nitrogen and oxygen atoms in total. The number of hydrogen-bond donors (Lipinski definition) is 1. The van der Waals surface area contributed by atoms with E-state index in [1.807, 2.05) is 11.6 Å². The fraction of sp³-hybridized carbons (Fsp3) is 0.846. The number of hydrogen-bond acceptors (Lipinski definition) is 3. The predicted octanol–water partition coefficient (Wildman–Crippen LogP) is 2.37. The summed E-state index contributed by atoms with van der Waals surface area (Å²) in [5, 5.41) is 11.6. The van der Waals surface area contributed by atoms with Crippen LogP contribution in [0, 0.1) is 11.3 Å². The molecule has 0 amide bonds. The molecule has 1 N–H and O–H groups in total. The highest BCUT2D eigenvalue weighted by Gasteiger charge is 2.25. The van der Waals surface area contributed by atoms with Gasteiger partial charge < -0.3 is 9.88 Å². The van der Waals surface area contributed by atoms with Gasteiger partial charge in [-0.15, -0.1) is 10.2 Å². The molecule has 17 heavy (non-hydrogen) atoms. The molecular weight excluding hydrogens is 212 g/mol. The molecule has 0 aromatic carbocycles. The number of rotatable bonds is 5. The van der Waals surface area contributed by atoms with E-state index in [-0.39, 0.29) is 5.41 Å². The maximum atomic E-state index is 4.10. The van der Waals surface area contributed by atoms with Crippen molar-refractivity contribution in [2.24, 2.45) is 18.4 Å². The molecule has 1 heterocycles. The van der Waals surface area contributed by atoms with Gasteiger partial charge in [-0.1, -0.05) is 34.6 Å². The quantitative estimate of drug-likeness (QED) is 0.856. The van der Waals surface area contributed by atoms with Crippen molar-refractivity contribution in [2.75, 3.05) is 0 Å². The van der Waals surface area contributed by atoms with Crippen molar-refractivity contribution in [1.82, 2.24) is 20.1 Å². The highest BCUT2D eigenvalue weighted by Crippen LogP contribution is 2.24. The SMILES string of the molecule is CC(C)C[C@H](NCc1nncn1C)C(C)(C)C. The summed E-state index contributed by atoms with van der Waals surface area (Å²) in [6.45, 7) is 12.2. The van der Waals surface area contributed by atoms with Gasteiger partial charge in [0.1, 0.15) is 12.2 Å². The second kappa shape index (κ2) is 5.63. The lowest BCUT2D eigenvalue weighted by molar-refractivity contribution is 0.230. The minimum Gasteiger partial charge on any atom is -0.320 e. The van der Waals surface area contributed by atoms with Crippen LogP contribution in [0.4, 0.5) is 0 Å². The molecule has 0 radical (unpaired) electrons. The number of aryl methyl sites for hydroxylation is 1. The van der Waals surface area contributed by atoms with Gasteiger partial charge in [0.15, 0.2) is 0 Å². The third kappa shape index (κ3) is 4.46. The summed E-state index contributed by atoms with van der Waals surface area (Å²) in [6.07, 6.45) is 2.92. The van der Waals surface area contributed by atoms with E-state index >= 15 is 0 Å². The Morgan fingerprint density at radius 2 is 2.00 bits per heavy atom. The Balaban J connectivity index is 2.58. The van der Waals surface area contributed by atoms with Crippen LogP contribution in [-0.2, 0) is 13.6 Å². The Kier molecular flexibility index (Phi) is 4.69. The monoisotopic (exact) mass is 238 g/mol. The lowest BCUT2D eigenvalue weighted by Crippen LogP contribution is -2.41. The molecule has 4 heteroatoms. The molecule has 0 saturated heterocycles. The van der Waals surface area contributed by atoms with E-state index in [4.69, 9.17) is 0 Å². The Bertz CT molecular complexity index is 335. The molecule has 0 saturated carbocycles. The van der Waals surface area contributed by atoms with Crippen molar-refractivity contribution in [3.8, 4) is 0 Å². The second-order valence-corrected chi connectivity index (χ2v) is 6.29. The van der Waals surface area contributed by atoms with Gasteiger partial charge >= 0.3 is 0 Å². The highest BCUT2D eigenvalue weighted by molar-refractivity contribution is 4.88. The van der Waals surface area contributed by atoms with Gasteiger partial charge in [-0.2, -0.15) is 0 Å². The average molecular weight is 238 g/mol. The Hall–Kier alpha value is -0.900. The summed E-state index contributed by atoms with van der Waals surface area (Å²) < 4.78 is 1.96. The molecule has 98 valence electrons. The van der Waals surface area contributed by atoms with Crippen molar-refractivity contribution in [3.05, 3.63) is 12.2 Å². The van der Waals surface area contributed by atoms with Crippen molar-refractivity contribution < 1.29 is 0 Å². The first-order chi connectivity index (χ1) is 7.80. The van der Waals surface area contributed by atoms with Crippen LogP contribution in [0.5, 0.6) is 0 Å². The van der Waals surface area contributed by atoms with E-state index in [9.17, 15) is 0 Å². The topological polar surface area (TPSA) is 42.7 Å². The molecule has 0 aliphatic carbocycles. The second-order valence-electron chi connectivity index (χ2n) is 6.29. The van der Waals surface area contributed by atoms with Crippen molar-refractivity contribution >= 4 is 0 Å². The molecule has 0 bridgehead atoms. The van der Waals surface area contributed by atoms with Crippen LogP contribution in [0.25, 0.3) is 0 Å². The molecule has 1 aromatic rings. The maximum absolute atomic E-state index is 4.10. The van der Waals surface area contributed by atoms with Gasteiger partial charge in [0, 0.05) is 13.1 Å². The maximum Gasteiger partial charge on any atom is 0.146 e. The van der Waals surface area contributed by atoms with Gasteiger partial charge in [0.25, 0.3) is 0 Å². The van der Waals surface area contributed by atoms with Crippen LogP contribution < -0.4 is 5.32 Å². The predicted molar refractivity (Wildman–Crippen MR) is 70.5 cm³/mol. The molecule has 0 aliphatic heterocycles. The van der Waals surface area contributed by atoms with Crippen LogP contribution in [0.15, 0.2) is 6.33 Å². The summed E-state index contributed by atoms with van der Waals surface area (Å²) >= 11 is 0. The molecule has 1 atom stereocenters. The summed E-state index contributed by atoms with van der Waals surface area (Å²) in [5.74, 6) is 1.69. The molecule has 1 rings (SSSR count). The standard InChI is InChI=1S/C13H26N4/c1-10(2)7-11(13(3,4)5)14-8-12-16-15-9-17(12)6/h9-11,14H,7-8H2,1-6H3/t11-/m0/s1. The van der Waals surface area contributed by atoms with E-state index in [0.29, 0.717) is 12.0 Å². The van der Waals surface area contributed by atoms with Gasteiger partial charge in [-0.25, -0.2) is 0 Å². The van der Waals surface area contributed by atoms with Crippen LogP contribution in [0.3, 0.4) is 0 Å². The molecule has 0 aliphatic rings. The fourth-order valence-electron chi connectivity index (χ4n) is 1.90. The minimum absolute atomic E-state index is 0.267. The first-order valence-electron chi connectivity index (χ1n) is 6.37. The number of nitrogens with one attached hydrogen (secondary N) is 1. The van der Waals surface area contributed by atoms with Crippen molar-refractivity contribution in [3.63, 3.8) is 0 Å². The first kappa shape index (κ1) is 14.2. The lowest BCUT2D eigenvalue weighted by atomic mass is 9.82. The first-order valence-corrected chi connectivity index (χ1v) is 6.37. The van der Waals surface area contributed by atoms with Gasteiger partial charge in [0.05, 0.1) is 6.54 Å². The Morgan fingerprint density at radius 1 is 1.35 bits per heavy atom. The van der Waals surface area contributed by atoms with E-state index < -0.39 is 0 Å². The van der Waals surface area contributed by atoms with Crippen LogP contribution in [-0.4, -0.2) is 20.8 Å². The van der Waals surface area contributed by atoms with Crippen LogP contribution in [0.1, 0.15) is 46.9 Å². The molecule has 1 aromatic heterocycles. The summed E-state index contributed by atoms with van der Waals surface area (Å²) in [7, 11) is 1.98. The largest absolute Gasteiger partial charge is 0.320 e. The Labute approximate surface area is 105 Å². The third-order valence-corrected chi connectivity index (χ3v) is 3.06. The van der Waals surface area contributed by atoms with Crippen LogP contribution in [0.2, 0.25) is 0 Å². The highest BCUT2D eigenvalue weighted by atomic mass is 15.3. The van der Waals surface area contributed by atoms with Crippen LogP contribution >= 0.6 is 0 Å². The zero-order valence-corrected chi connectivity index (χ0v) is 12.0. The van der Waals surface area contributed by atoms with Crippen molar-refractivity contribution in [1.29, 1.82) is 0 Å². The molecule has 0 fully saturated rings. The summed E-state index contributed by atoms with van der Waals surface area (Å²) in [4.78, 5) is 0. The van der Waals surface area contributed by atoms with Crippen molar-refractivity contribution in [2.45, 2.75) is 53.6 Å². The van der Waals surface area contributed by atoms with E-state index in [1.165, 1.54) is 6.42 Å². The van der Waals surface area contributed by atoms with E-state index in [1.54, 1.807) is 6.33 Å². The molecule has 0 unspecified atom stereocenters. The lowest BCUT2D eigenvalue weighted by Gasteiger charge is -2.33. The summed E-state index contributed by atoms with van der Waals surface area (Å²) in [6, 6.07) is 0.499. The molecule has 0 spiro atoms. The van der Waals surface area contributed by atoms with E-state index in [2.05, 4.69) is 50.1 Å². The molecular formula is C13H26N4. The third-order valence-electron chi connectivity index (χ3n) is 3.06. The zero-order chi connectivity index (χ0) is 13.1. The number of nitrogens with zero attached hydrogens (tertiary/aromatic N) is 3. The summed E-state index contributed by atoms with van der Waals surface area (Å²) in [5.41, 5.74) is 0.267.